The smallest absolute Gasteiger partial charge is 0.116 e. The molecule has 0 aromatic heterocycles. The first kappa shape index (κ1) is 27.6. The van der Waals surface area contributed by atoms with E-state index in [1.807, 2.05) is 13.0 Å². The molecule has 5 nitrogen and oxygen atoms in total. The van der Waals surface area contributed by atoms with Crippen molar-refractivity contribution in [3.8, 4) is 0 Å². The largest absolute Gasteiger partial charge is 0.393 e. The number of hydrogen-bond donors (Lipinski definition) is 4. The second kappa shape index (κ2) is 8.53. The first-order valence-electron chi connectivity index (χ1n) is 14.0. The van der Waals surface area contributed by atoms with Crippen LogP contribution in [0.15, 0.2) is 12.2 Å². The highest BCUT2D eigenvalue weighted by atomic mass is 17.1. The van der Waals surface area contributed by atoms with Gasteiger partial charge in [-0.2, -0.15) is 0 Å². The molecule has 10 atom stereocenters. The van der Waals surface area contributed by atoms with Crippen molar-refractivity contribution in [1.82, 2.24) is 0 Å². The molecule has 5 heteroatoms. The second-order valence-corrected chi connectivity index (χ2v) is 15.0. The average Bonchev–Trinajstić information content (AvgIpc) is 3.14. The van der Waals surface area contributed by atoms with Gasteiger partial charge in [0.25, 0.3) is 0 Å². The van der Waals surface area contributed by atoms with Gasteiger partial charge in [-0.1, -0.05) is 46.8 Å². The molecular formula is C30H52O5. The molecular weight excluding hydrogens is 440 g/mol. The number of hydrogen-bond acceptors (Lipinski definition) is 5. The second-order valence-electron chi connectivity index (χ2n) is 15.0. The number of aliphatic hydroxyl groups is 3. The number of fused-ring (bicyclic) bond motifs is 5. The van der Waals surface area contributed by atoms with Crippen LogP contribution in [0.25, 0.3) is 0 Å². The van der Waals surface area contributed by atoms with Gasteiger partial charge in [-0.25, -0.2) is 4.89 Å². The molecule has 4 fully saturated rings. The minimum Gasteiger partial charge on any atom is -0.393 e. The molecule has 0 spiro atoms. The Bertz CT molecular complexity index is 833. The van der Waals surface area contributed by atoms with Crippen LogP contribution >= 0.6 is 0 Å². The first-order chi connectivity index (χ1) is 16.0. The summed E-state index contributed by atoms with van der Waals surface area (Å²) in [4.78, 5) is 4.52. The molecule has 202 valence electrons. The Balaban J connectivity index is 1.64. The Morgan fingerprint density at radius 3 is 2.14 bits per heavy atom. The van der Waals surface area contributed by atoms with Gasteiger partial charge >= 0.3 is 0 Å². The maximum atomic E-state index is 11.8. The van der Waals surface area contributed by atoms with Crippen LogP contribution in [-0.4, -0.2) is 44.0 Å². The summed E-state index contributed by atoms with van der Waals surface area (Å²) in [7, 11) is 0. The van der Waals surface area contributed by atoms with E-state index >= 15 is 0 Å². The molecule has 0 unspecified atom stereocenters. The van der Waals surface area contributed by atoms with Crippen LogP contribution in [0.5, 0.6) is 0 Å². The fraction of sp³-hybridized carbons (Fsp3) is 0.933. The molecule has 4 N–H and O–H groups in total. The molecule has 0 aliphatic heterocycles. The molecule has 0 aromatic carbocycles. The molecule has 0 saturated heterocycles. The van der Waals surface area contributed by atoms with Crippen molar-refractivity contribution in [2.45, 2.75) is 130 Å². The molecule has 0 bridgehead atoms. The van der Waals surface area contributed by atoms with E-state index in [9.17, 15) is 15.3 Å². The molecule has 0 radical (unpaired) electrons. The van der Waals surface area contributed by atoms with Crippen LogP contribution in [0, 0.1) is 45.3 Å². The molecule has 0 aromatic rings. The summed E-state index contributed by atoms with van der Waals surface area (Å²) in [5.41, 5.74) is -1.64. The highest BCUT2D eigenvalue weighted by Gasteiger charge is 2.71. The number of aliphatic hydroxyl groups excluding tert-OH is 2. The fourth-order valence-electron chi connectivity index (χ4n) is 10.2. The minimum atomic E-state index is -0.938. The molecule has 4 rings (SSSR count). The van der Waals surface area contributed by atoms with Gasteiger partial charge in [-0.05, 0) is 117 Å². The number of rotatable bonds is 5. The Morgan fingerprint density at radius 1 is 0.886 bits per heavy atom. The fourth-order valence-corrected chi connectivity index (χ4v) is 10.2. The lowest BCUT2D eigenvalue weighted by atomic mass is 9.35. The topological polar surface area (TPSA) is 90.2 Å². The zero-order valence-corrected chi connectivity index (χ0v) is 23.5. The predicted molar refractivity (Wildman–Crippen MR) is 139 cm³/mol. The van der Waals surface area contributed by atoms with E-state index in [0.29, 0.717) is 18.3 Å². The van der Waals surface area contributed by atoms with Crippen molar-refractivity contribution in [3.05, 3.63) is 12.2 Å². The third-order valence-electron chi connectivity index (χ3n) is 12.5. The lowest BCUT2D eigenvalue weighted by Crippen LogP contribution is -2.66. The third-order valence-corrected chi connectivity index (χ3v) is 12.5. The van der Waals surface area contributed by atoms with Crippen molar-refractivity contribution in [3.63, 3.8) is 0 Å². The zero-order valence-electron chi connectivity index (χ0n) is 23.5. The first-order valence-corrected chi connectivity index (χ1v) is 14.0. The van der Waals surface area contributed by atoms with E-state index < -0.39 is 17.3 Å². The van der Waals surface area contributed by atoms with Crippen LogP contribution in [0.4, 0.5) is 0 Å². The standard InChI is InChI=1S/C30H52O5/c1-25(2,35-34)13-9-14-30(8,33)19-10-16-29(7)24(19)20(31)18-22-27(5)15-12-23(32)26(3,4)21(27)11-17-28(22,29)6/h9,13,19-24,31-34H,10-12,14-18H2,1-8H3/b13-9+/t19-,20+,21-,22+,23+,24-,27-,28+,29+,30-/m0/s1. The van der Waals surface area contributed by atoms with Crippen LogP contribution in [0.2, 0.25) is 0 Å². The van der Waals surface area contributed by atoms with Gasteiger partial charge in [-0.15, -0.1) is 0 Å². The van der Waals surface area contributed by atoms with Crippen LogP contribution in [0.3, 0.4) is 0 Å². The van der Waals surface area contributed by atoms with Gasteiger partial charge in [0.15, 0.2) is 0 Å². The maximum Gasteiger partial charge on any atom is 0.116 e. The summed E-state index contributed by atoms with van der Waals surface area (Å²) in [5, 5.41) is 43.4. The van der Waals surface area contributed by atoms with E-state index in [1.54, 1.807) is 19.9 Å². The van der Waals surface area contributed by atoms with Crippen molar-refractivity contribution in [1.29, 1.82) is 0 Å². The van der Waals surface area contributed by atoms with Crippen molar-refractivity contribution in [2.75, 3.05) is 0 Å². The summed E-state index contributed by atoms with van der Waals surface area (Å²) >= 11 is 0. The average molecular weight is 493 g/mol. The SMILES string of the molecule is CC(C)(/C=C/C[C@](C)(O)[C@H]1CC[C@]2(C)[C@@H]1[C@H](O)C[C@@H]1[C@@]3(C)CC[C@@H](O)C(C)(C)[C@@H]3CC[C@]12C)OO. The Labute approximate surface area is 213 Å². The van der Waals surface area contributed by atoms with Gasteiger partial charge in [0.05, 0.1) is 17.8 Å². The van der Waals surface area contributed by atoms with Gasteiger partial charge in [-0.3, -0.25) is 5.26 Å². The Hall–Kier alpha value is -0.460. The summed E-state index contributed by atoms with van der Waals surface area (Å²) < 4.78 is 0. The lowest BCUT2D eigenvalue weighted by Gasteiger charge is -2.70. The summed E-state index contributed by atoms with van der Waals surface area (Å²) in [5.74, 6) is 0.976. The minimum absolute atomic E-state index is 0.0261. The molecule has 0 amide bonds. The molecule has 4 aliphatic carbocycles. The quantitative estimate of drug-likeness (QED) is 0.216. The lowest BCUT2D eigenvalue weighted by molar-refractivity contribution is -0.297. The van der Waals surface area contributed by atoms with E-state index in [0.717, 1.165) is 44.9 Å². The zero-order chi connectivity index (χ0) is 26.2. The monoisotopic (exact) mass is 492 g/mol. The summed E-state index contributed by atoms with van der Waals surface area (Å²) in [6, 6.07) is 0. The van der Waals surface area contributed by atoms with Crippen LogP contribution in [-0.2, 0) is 4.89 Å². The van der Waals surface area contributed by atoms with Gasteiger partial charge in [0.2, 0.25) is 0 Å². The maximum absolute atomic E-state index is 11.8. The van der Waals surface area contributed by atoms with E-state index in [-0.39, 0.29) is 39.6 Å². The highest BCUT2D eigenvalue weighted by Crippen LogP contribution is 2.75. The highest BCUT2D eigenvalue weighted by molar-refractivity contribution is 5.20. The van der Waals surface area contributed by atoms with Gasteiger partial charge < -0.3 is 15.3 Å². The van der Waals surface area contributed by atoms with Crippen molar-refractivity contribution < 1.29 is 25.5 Å². The van der Waals surface area contributed by atoms with Gasteiger partial charge in [0, 0.05) is 0 Å². The normalized spacial score (nSPS) is 49.3. The molecule has 4 saturated carbocycles. The molecule has 0 heterocycles. The molecule has 35 heavy (non-hydrogen) atoms. The van der Waals surface area contributed by atoms with E-state index in [2.05, 4.69) is 39.5 Å². The third kappa shape index (κ3) is 3.98. The molecule has 4 aliphatic rings. The van der Waals surface area contributed by atoms with Crippen LogP contribution in [0.1, 0.15) is 107 Å². The summed E-state index contributed by atoms with van der Waals surface area (Å²) in [6.45, 7) is 17.4. The van der Waals surface area contributed by atoms with Crippen LogP contribution < -0.4 is 0 Å². The van der Waals surface area contributed by atoms with E-state index in [1.165, 1.54) is 0 Å². The Morgan fingerprint density at radius 2 is 1.51 bits per heavy atom. The predicted octanol–water partition coefficient (Wildman–Crippen LogP) is 5.97. The Kier molecular flexibility index (Phi) is 6.72. The van der Waals surface area contributed by atoms with Crippen molar-refractivity contribution >= 4 is 0 Å². The van der Waals surface area contributed by atoms with E-state index in [4.69, 9.17) is 5.26 Å². The van der Waals surface area contributed by atoms with Crippen molar-refractivity contribution in [2.24, 2.45) is 45.3 Å². The summed E-state index contributed by atoms with van der Waals surface area (Å²) in [6.07, 6.45) is 10.4. The van der Waals surface area contributed by atoms with Gasteiger partial charge in [0.1, 0.15) is 5.60 Å².